The summed E-state index contributed by atoms with van der Waals surface area (Å²) in [4.78, 5) is 9.94. The van der Waals surface area contributed by atoms with Crippen molar-refractivity contribution in [3.05, 3.63) is 12.2 Å². The average molecular weight is 192 g/mol. The molecule has 2 nitrogen and oxygen atoms in total. The third-order valence-corrected chi connectivity index (χ3v) is 1.59. The van der Waals surface area contributed by atoms with Crippen molar-refractivity contribution < 1.29 is 18.7 Å². The standard InChI is InChI=1S/C9H14F2O2/c1-2-3-4-5-6-7-9(10,11)8(12)13/h6-7H,2-5H2,1H3,(H,12,13). The van der Waals surface area contributed by atoms with Gasteiger partial charge in [0, 0.05) is 0 Å². The minimum absolute atomic E-state index is 0.449. The monoisotopic (exact) mass is 192 g/mol. The molecule has 0 bridgehead atoms. The van der Waals surface area contributed by atoms with Gasteiger partial charge >= 0.3 is 11.9 Å². The van der Waals surface area contributed by atoms with E-state index in [1.165, 1.54) is 6.08 Å². The van der Waals surface area contributed by atoms with Gasteiger partial charge < -0.3 is 5.11 Å². The molecule has 0 fully saturated rings. The van der Waals surface area contributed by atoms with Crippen molar-refractivity contribution >= 4 is 5.97 Å². The lowest BCUT2D eigenvalue weighted by molar-refractivity contribution is -0.158. The van der Waals surface area contributed by atoms with E-state index in [0.717, 1.165) is 19.3 Å². The summed E-state index contributed by atoms with van der Waals surface area (Å²) in [6.07, 6.45) is 5.00. The van der Waals surface area contributed by atoms with Gasteiger partial charge in [-0.2, -0.15) is 8.78 Å². The first-order chi connectivity index (χ1) is 6.00. The van der Waals surface area contributed by atoms with Crippen LogP contribution in [0.1, 0.15) is 32.6 Å². The van der Waals surface area contributed by atoms with E-state index >= 15 is 0 Å². The molecule has 76 valence electrons. The number of hydrogen-bond donors (Lipinski definition) is 1. The second-order valence-electron chi connectivity index (χ2n) is 2.83. The maximum absolute atomic E-state index is 12.4. The Balaban J connectivity index is 3.76. The highest BCUT2D eigenvalue weighted by Gasteiger charge is 2.34. The van der Waals surface area contributed by atoms with E-state index in [0.29, 0.717) is 12.5 Å². The van der Waals surface area contributed by atoms with Crippen LogP contribution in [0.2, 0.25) is 0 Å². The summed E-state index contributed by atoms with van der Waals surface area (Å²) >= 11 is 0. The van der Waals surface area contributed by atoms with Crippen LogP contribution in [0.15, 0.2) is 12.2 Å². The smallest absolute Gasteiger partial charge is 0.378 e. The quantitative estimate of drug-likeness (QED) is 0.519. The Morgan fingerprint density at radius 1 is 1.46 bits per heavy atom. The molecule has 0 atom stereocenters. The molecule has 0 saturated heterocycles. The fourth-order valence-corrected chi connectivity index (χ4v) is 0.815. The Kier molecular flexibility index (Phi) is 5.26. The van der Waals surface area contributed by atoms with E-state index in [-0.39, 0.29) is 0 Å². The molecule has 0 aliphatic rings. The molecule has 0 rings (SSSR count). The highest BCUT2D eigenvalue weighted by molar-refractivity contribution is 5.77. The molecule has 0 aromatic heterocycles. The third kappa shape index (κ3) is 5.33. The Bertz CT molecular complexity index is 188. The zero-order valence-corrected chi connectivity index (χ0v) is 7.59. The predicted molar refractivity (Wildman–Crippen MR) is 45.9 cm³/mol. The molecule has 13 heavy (non-hydrogen) atoms. The summed E-state index contributed by atoms with van der Waals surface area (Å²) in [7, 11) is 0. The van der Waals surface area contributed by atoms with Gasteiger partial charge in [0.1, 0.15) is 0 Å². The molecular formula is C9H14F2O2. The molecule has 0 aromatic rings. The number of rotatable bonds is 6. The van der Waals surface area contributed by atoms with E-state index in [4.69, 9.17) is 5.11 Å². The van der Waals surface area contributed by atoms with Crippen LogP contribution < -0.4 is 0 Å². The second-order valence-corrected chi connectivity index (χ2v) is 2.83. The van der Waals surface area contributed by atoms with Gasteiger partial charge in [0.15, 0.2) is 0 Å². The molecule has 0 amide bonds. The van der Waals surface area contributed by atoms with Crippen LogP contribution in [0.5, 0.6) is 0 Å². The van der Waals surface area contributed by atoms with Crippen molar-refractivity contribution in [2.45, 2.75) is 38.5 Å². The highest BCUT2D eigenvalue weighted by Crippen LogP contribution is 2.15. The molecule has 0 heterocycles. The molecule has 0 aliphatic heterocycles. The Hall–Kier alpha value is -0.930. The van der Waals surface area contributed by atoms with Crippen molar-refractivity contribution in [3.63, 3.8) is 0 Å². The molecule has 1 N–H and O–H groups in total. The zero-order chi connectivity index (χ0) is 10.3. The summed E-state index contributed by atoms with van der Waals surface area (Å²) in [5.74, 6) is -5.81. The summed E-state index contributed by atoms with van der Waals surface area (Å²) in [6.45, 7) is 2.01. The fourth-order valence-electron chi connectivity index (χ4n) is 0.815. The molecule has 0 aliphatic carbocycles. The van der Waals surface area contributed by atoms with Crippen molar-refractivity contribution in [2.75, 3.05) is 0 Å². The van der Waals surface area contributed by atoms with Gasteiger partial charge in [-0.3, -0.25) is 0 Å². The van der Waals surface area contributed by atoms with E-state index < -0.39 is 11.9 Å². The number of carboxylic acids is 1. The number of carbonyl (C=O) groups is 1. The van der Waals surface area contributed by atoms with Crippen LogP contribution in [0, 0.1) is 0 Å². The zero-order valence-electron chi connectivity index (χ0n) is 7.59. The predicted octanol–water partition coefficient (Wildman–Crippen LogP) is 2.84. The van der Waals surface area contributed by atoms with E-state index in [2.05, 4.69) is 0 Å². The van der Waals surface area contributed by atoms with Gasteiger partial charge in [-0.05, 0) is 18.9 Å². The first kappa shape index (κ1) is 12.1. The number of aliphatic carboxylic acids is 1. The van der Waals surface area contributed by atoms with Gasteiger partial charge in [0.25, 0.3) is 0 Å². The first-order valence-electron chi connectivity index (χ1n) is 4.29. The minimum Gasteiger partial charge on any atom is -0.477 e. The van der Waals surface area contributed by atoms with E-state index in [1.807, 2.05) is 6.92 Å². The molecule has 0 unspecified atom stereocenters. The summed E-state index contributed by atoms with van der Waals surface area (Å²) < 4.78 is 24.7. The number of halogens is 2. The van der Waals surface area contributed by atoms with Crippen LogP contribution >= 0.6 is 0 Å². The minimum atomic E-state index is -3.72. The molecule has 4 heteroatoms. The van der Waals surface area contributed by atoms with Gasteiger partial charge in [-0.25, -0.2) is 4.79 Å². The maximum Gasteiger partial charge on any atom is 0.378 e. The van der Waals surface area contributed by atoms with Crippen LogP contribution in [0.4, 0.5) is 8.78 Å². The lowest BCUT2D eigenvalue weighted by Gasteiger charge is -2.03. The largest absolute Gasteiger partial charge is 0.477 e. The second kappa shape index (κ2) is 5.67. The van der Waals surface area contributed by atoms with Gasteiger partial charge in [-0.15, -0.1) is 0 Å². The SMILES string of the molecule is CCCCCC=CC(F)(F)C(=O)O. The van der Waals surface area contributed by atoms with Gasteiger partial charge in [0.2, 0.25) is 0 Å². The van der Waals surface area contributed by atoms with Crippen LogP contribution in [0.25, 0.3) is 0 Å². The Morgan fingerprint density at radius 3 is 2.54 bits per heavy atom. The number of hydrogen-bond acceptors (Lipinski definition) is 1. The maximum atomic E-state index is 12.4. The van der Waals surface area contributed by atoms with Crippen molar-refractivity contribution in [3.8, 4) is 0 Å². The Morgan fingerprint density at radius 2 is 2.08 bits per heavy atom. The number of carboxylic acid groups (broad SMARTS) is 1. The number of unbranched alkanes of at least 4 members (excludes halogenated alkanes) is 3. The first-order valence-corrected chi connectivity index (χ1v) is 4.29. The van der Waals surface area contributed by atoms with Crippen molar-refractivity contribution in [1.82, 2.24) is 0 Å². The van der Waals surface area contributed by atoms with Crippen molar-refractivity contribution in [2.24, 2.45) is 0 Å². The normalized spacial score (nSPS) is 12.2. The topological polar surface area (TPSA) is 37.3 Å². The lowest BCUT2D eigenvalue weighted by atomic mass is 10.2. The number of allylic oxidation sites excluding steroid dienone is 1. The van der Waals surface area contributed by atoms with Crippen LogP contribution in [0.3, 0.4) is 0 Å². The molecule has 0 spiro atoms. The van der Waals surface area contributed by atoms with E-state index in [9.17, 15) is 13.6 Å². The fraction of sp³-hybridized carbons (Fsp3) is 0.667. The van der Waals surface area contributed by atoms with E-state index in [1.54, 1.807) is 0 Å². The van der Waals surface area contributed by atoms with Gasteiger partial charge in [0.05, 0.1) is 0 Å². The summed E-state index contributed by atoms with van der Waals surface area (Å²) in [5, 5.41) is 8.04. The van der Waals surface area contributed by atoms with Crippen LogP contribution in [-0.2, 0) is 4.79 Å². The Labute approximate surface area is 76.3 Å². The molecule has 0 saturated carbocycles. The average Bonchev–Trinajstić information content (AvgIpc) is 2.03. The summed E-state index contributed by atoms with van der Waals surface area (Å²) in [6, 6.07) is 0. The van der Waals surface area contributed by atoms with Crippen LogP contribution in [-0.4, -0.2) is 17.0 Å². The molecule has 0 radical (unpaired) electrons. The highest BCUT2D eigenvalue weighted by atomic mass is 19.3. The van der Waals surface area contributed by atoms with Gasteiger partial charge in [-0.1, -0.05) is 25.8 Å². The summed E-state index contributed by atoms with van der Waals surface area (Å²) in [5.41, 5.74) is 0. The lowest BCUT2D eigenvalue weighted by Crippen LogP contribution is -2.24. The molecular weight excluding hydrogens is 178 g/mol. The third-order valence-electron chi connectivity index (χ3n) is 1.59. The van der Waals surface area contributed by atoms with Crippen molar-refractivity contribution in [1.29, 1.82) is 0 Å². The molecule has 0 aromatic carbocycles. The number of alkyl halides is 2.